The summed E-state index contributed by atoms with van der Waals surface area (Å²) in [4.78, 5) is 30.9. The summed E-state index contributed by atoms with van der Waals surface area (Å²) in [5.74, 6) is -1.93. The van der Waals surface area contributed by atoms with Crippen molar-refractivity contribution in [2.75, 3.05) is 19.5 Å². The fourth-order valence-corrected chi connectivity index (χ4v) is 3.95. The first kappa shape index (κ1) is 20.2. The molecular weight excluding hydrogens is 350 g/mol. The van der Waals surface area contributed by atoms with Gasteiger partial charge >= 0.3 is 11.9 Å². The summed E-state index contributed by atoms with van der Waals surface area (Å²) in [6.07, 6.45) is 1.97. The Morgan fingerprint density at radius 1 is 1.12 bits per heavy atom. The molecule has 2 atom stereocenters. The van der Waals surface area contributed by atoms with Crippen LogP contribution in [-0.2, 0) is 19.1 Å². The highest BCUT2D eigenvalue weighted by Gasteiger charge is 2.43. The Labute approximate surface area is 158 Å². The average molecular weight is 375 g/mol. The van der Waals surface area contributed by atoms with Crippen molar-refractivity contribution < 1.29 is 19.1 Å². The summed E-state index contributed by atoms with van der Waals surface area (Å²) in [5.41, 5.74) is 2.57. The largest absolute Gasteiger partial charge is 0.465 e. The highest BCUT2D eigenvalue weighted by Crippen LogP contribution is 2.43. The molecule has 1 aliphatic heterocycles. The minimum Gasteiger partial charge on any atom is -0.465 e. The molecule has 1 aliphatic rings. The Kier molecular flexibility index (Phi) is 7.03. The van der Waals surface area contributed by atoms with Gasteiger partial charge in [-0.15, -0.1) is 11.8 Å². The highest BCUT2D eigenvalue weighted by atomic mass is 32.2. The van der Waals surface area contributed by atoms with E-state index in [2.05, 4.69) is 4.99 Å². The summed E-state index contributed by atoms with van der Waals surface area (Å²) in [5, 5.41) is 0. The first-order valence-electron chi connectivity index (χ1n) is 8.68. The van der Waals surface area contributed by atoms with Crippen molar-refractivity contribution in [1.29, 1.82) is 0 Å². The van der Waals surface area contributed by atoms with Gasteiger partial charge in [-0.1, -0.05) is 18.2 Å². The number of ether oxygens (including phenoxy) is 2. The number of hydrogen-bond donors (Lipinski definition) is 0. The van der Waals surface area contributed by atoms with Gasteiger partial charge in [-0.25, -0.2) is 4.79 Å². The van der Waals surface area contributed by atoms with E-state index in [0.717, 1.165) is 10.5 Å². The molecule has 1 heterocycles. The van der Waals surface area contributed by atoms with Crippen LogP contribution < -0.4 is 0 Å². The number of carbonyl (C=O) groups excluding carboxylic acids is 2. The van der Waals surface area contributed by atoms with Crippen LogP contribution in [-0.4, -0.2) is 37.1 Å². The zero-order valence-electron chi connectivity index (χ0n) is 15.9. The minimum atomic E-state index is -0.647. The van der Waals surface area contributed by atoms with Crippen molar-refractivity contribution >= 4 is 29.4 Å². The molecule has 6 heteroatoms. The SMILES string of the molecule is CCOC(=O)C1=C(C)N=C(C)C(C(=O)OCC)C1c1ccccc1SC. The van der Waals surface area contributed by atoms with E-state index in [0.29, 0.717) is 17.0 Å². The molecule has 5 nitrogen and oxygen atoms in total. The van der Waals surface area contributed by atoms with Gasteiger partial charge in [-0.3, -0.25) is 9.79 Å². The lowest BCUT2D eigenvalue weighted by molar-refractivity contribution is -0.146. The van der Waals surface area contributed by atoms with Gasteiger partial charge in [-0.2, -0.15) is 0 Å². The standard InChI is InChI=1S/C20H25NO4S/c1-6-24-19(22)16-12(3)21-13(4)17(20(23)25-7-2)18(16)14-10-8-9-11-15(14)26-5/h8-11,16,18H,6-7H2,1-5H3. The normalized spacial score (nSPS) is 19.8. The molecule has 0 amide bonds. The van der Waals surface area contributed by atoms with Crippen LogP contribution in [0.25, 0.3) is 0 Å². The maximum absolute atomic E-state index is 12.7. The quantitative estimate of drug-likeness (QED) is 0.556. The molecule has 2 unspecified atom stereocenters. The van der Waals surface area contributed by atoms with Gasteiger partial charge in [0.1, 0.15) is 5.92 Å². The number of aliphatic imine (C=N–C) groups is 1. The van der Waals surface area contributed by atoms with Crippen molar-refractivity contribution in [3.8, 4) is 0 Å². The van der Waals surface area contributed by atoms with E-state index in [-0.39, 0.29) is 19.2 Å². The molecule has 0 bridgehead atoms. The molecule has 26 heavy (non-hydrogen) atoms. The Hall–Kier alpha value is -2.08. The molecular formula is C20H25NO4S. The van der Waals surface area contributed by atoms with Gasteiger partial charge in [0.05, 0.1) is 18.8 Å². The van der Waals surface area contributed by atoms with E-state index >= 15 is 0 Å². The number of rotatable bonds is 6. The summed E-state index contributed by atoms with van der Waals surface area (Å²) in [7, 11) is 0. The zero-order valence-corrected chi connectivity index (χ0v) is 16.7. The molecule has 0 N–H and O–H groups in total. The fourth-order valence-electron chi connectivity index (χ4n) is 3.31. The third-order valence-electron chi connectivity index (χ3n) is 4.34. The van der Waals surface area contributed by atoms with Crippen molar-refractivity contribution in [3.05, 3.63) is 41.1 Å². The monoisotopic (exact) mass is 375 g/mol. The van der Waals surface area contributed by atoms with Crippen LogP contribution in [0.15, 0.2) is 45.4 Å². The highest BCUT2D eigenvalue weighted by molar-refractivity contribution is 7.98. The molecule has 1 aromatic rings. The second-order valence-electron chi connectivity index (χ2n) is 5.92. The summed E-state index contributed by atoms with van der Waals surface area (Å²) < 4.78 is 10.6. The molecule has 0 aromatic heterocycles. The lowest BCUT2D eigenvalue weighted by atomic mass is 9.75. The van der Waals surface area contributed by atoms with Gasteiger partial charge in [0, 0.05) is 22.2 Å². The molecule has 2 rings (SSSR count). The second kappa shape index (κ2) is 9.03. The van der Waals surface area contributed by atoms with Gasteiger partial charge in [0.15, 0.2) is 0 Å². The first-order valence-corrected chi connectivity index (χ1v) is 9.91. The van der Waals surface area contributed by atoms with Gasteiger partial charge in [0.25, 0.3) is 0 Å². The van der Waals surface area contributed by atoms with Crippen LogP contribution in [0.1, 0.15) is 39.2 Å². The van der Waals surface area contributed by atoms with Crippen molar-refractivity contribution in [2.24, 2.45) is 10.9 Å². The lowest BCUT2D eigenvalue weighted by Gasteiger charge is -2.32. The van der Waals surface area contributed by atoms with E-state index in [9.17, 15) is 9.59 Å². The Morgan fingerprint density at radius 2 is 1.77 bits per heavy atom. The molecule has 0 spiro atoms. The molecule has 0 saturated heterocycles. The van der Waals surface area contributed by atoms with E-state index in [4.69, 9.17) is 9.47 Å². The Balaban J connectivity index is 2.68. The number of thioether (sulfide) groups is 1. The van der Waals surface area contributed by atoms with E-state index in [1.807, 2.05) is 37.4 Å². The molecule has 0 saturated carbocycles. The Morgan fingerprint density at radius 3 is 2.38 bits per heavy atom. The van der Waals surface area contributed by atoms with Crippen molar-refractivity contribution in [1.82, 2.24) is 0 Å². The number of benzene rings is 1. The molecule has 0 aliphatic carbocycles. The Bertz CT molecular complexity index is 754. The van der Waals surface area contributed by atoms with Gasteiger partial charge in [-0.05, 0) is 45.6 Å². The predicted molar refractivity (Wildman–Crippen MR) is 104 cm³/mol. The van der Waals surface area contributed by atoms with E-state index in [1.165, 1.54) is 0 Å². The number of carbonyl (C=O) groups is 2. The molecule has 140 valence electrons. The van der Waals surface area contributed by atoms with Crippen LogP contribution in [0.5, 0.6) is 0 Å². The maximum Gasteiger partial charge on any atom is 0.336 e. The number of hydrogen-bond acceptors (Lipinski definition) is 6. The molecule has 1 aromatic carbocycles. The second-order valence-corrected chi connectivity index (χ2v) is 6.77. The lowest BCUT2D eigenvalue weighted by Crippen LogP contribution is -2.36. The zero-order chi connectivity index (χ0) is 19.3. The third-order valence-corrected chi connectivity index (χ3v) is 5.15. The molecule has 0 radical (unpaired) electrons. The van der Waals surface area contributed by atoms with Crippen LogP contribution >= 0.6 is 11.8 Å². The van der Waals surface area contributed by atoms with Crippen LogP contribution in [0.2, 0.25) is 0 Å². The molecule has 0 fully saturated rings. The third kappa shape index (κ3) is 4.01. The number of nitrogens with zero attached hydrogens (tertiary/aromatic N) is 1. The smallest absolute Gasteiger partial charge is 0.336 e. The summed E-state index contributed by atoms with van der Waals surface area (Å²) >= 11 is 1.58. The summed E-state index contributed by atoms with van der Waals surface area (Å²) in [6.45, 7) is 7.66. The van der Waals surface area contributed by atoms with Crippen LogP contribution in [0, 0.1) is 5.92 Å². The van der Waals surface area contributed by atoms with Crippen molar-refractivity contribution in [2.45, 2.75) is 38.5 Å². The topological polar surface area (TPSA) is 65.0 Å². The van der Waals surface area contributed by atoms with Crippen LogP contribution in [0.3, 0.4) is 0 Å². The van der Waals surface area contributed by atoms with E-state index in [1.54, 1.807) is 32.5 Å². The van der Waals surface area contributed by atoms with Crippen LogP contribution in [0.4, 0.5) is 0 Å². The fraction of sp³-hybridized carbons (Fsp3) is 0.450. The average Bonchev–Trinajstić information content (AvgIpc) is 2.61. The van der Waals surface area contributed by atoms with Crippen molar-refractivity contribution in [3.63, 3.8) is 0 Å². The van der Waals surface area contributed by atoms with E-state index < -0.39 is 17.8 Å². The maximum atomic E-state index is 12.7. The van der Waals surface area contributed by atoms with Gasteiger partial charge in [0.2, 0.25) is 0 Å². The minimum absolute atomic E-state index is 0.263. The first-order chi connectivity index (χ1) is 12.5. The predicted octanol–water partition coefficient (Wildman–Crippen LogP) is 3.98. The van der Waals surface area contributed by atoms with Gasteiger partial charge < -0.3 is 9.47 Å². The summed E-state index contributed by atoms with van der Waals surface area (Å²) in [6, 6.07) is 7.80. The number of allylic oxidation sites excluding steroid dienone is 1. The number of esters is 2.